The average molecular weight is 392 g/mol. The number of likely N-dealkylation sites (N-methyl/N-ethyl adjacent to an activating group) is 1. The maximum atomic E-state index is 5.15. The number of hydrogen-bond donors (Lipinski definition) is 1. The summed E-state index contributed by atoms with van der Waals surface area (Å²) >= 11 is 0. The summed E-state index contributed by atoms with van der Waals surface area (Å²) < 4.78 is 0. The molecule has 0 unspecified atom stereocenters. The van der Waals surface area contributed by atoms with E-state index in [4.69, 9.17) is 4.98 Å². The molecule has 3 aliphatic rings. The molecule has 0 spiro atoms. The molecule has 2 aromatic rings. The molecule has 3 aliphatic heterocycles. The molecule has 0 saturated carbocycles. The van der Waals surface area contributed by atoms with Crippen LogP contribution in [0.15, 0.2) is 49.1 Å². The fourth-order valence-electron chi connectivity index (χ4n) is 4.76. The lowest BCUT2D eigenvalue weighted by atomic mass is 10.1. The molecular weight excluding hydrogens is 362 g/mol. The molecule has 7 heteroatoms. The molecule has 2 aromatic heterocycles. The van der Waals surface area contributed by atoms with E-state index in [0.717, 1.165) is 55.7 Å². The highest BCUT2D eigenvalue weighted by atomic mass is 15.4. The van der Waals surface area contributed by atoms with Gasteiger partial charge in [-0.05, 0) is 51.2 Å². The molecule has 29 heavy (non-hydrogen) atoms. The van der Waals surface area contributed by atoms with Gasteiger partial charge < -0.3 is 24.9 Å². The first-order chi connectivity index (χ1) is 14.1. The highest BCUT2D eigenvalue weighted by molar-refractivity contribution is 5.77. The SMILES string of the molecule is C=C(Nc1cccnc1)N1c2nc(N3CC[C@H](N(C)C)C3)ccc2N2CC[C@H]1C2. The summed E-state index contributed by atoms with van der Waals surface area (Å²) in [5.74, 6) is 2.95. The Bertz CT molecular complexity index is 897. The van der Waals surface area contributed by atoms with E-state index >= 15 is 0 Å². The summed E-state index contributed by atoms with van der Waals surface area (Å²) in [4.78, 5) is 18.8. The maximum Gasteiger partial charge on any atom is 0.160 e. The molecule has 152 valence electrons. The highest BCUT2D eigenvalue weighted by Crippen LogP contribution is 2.42. The van der Waals surface area contributed by atoms with Crippen LogP contribution in [0.4, 0.5) is 23.0 Å². The Hall–Kier alpha value is -2.80. The van der Waals surface area contributed by atoms with E-state index in [1.165, 1.54) is 12.1 Å². The van der Waals surface area contributed by atoms with Crippen LogP contribution in [-0.2, 0) is 0 Å². The van der Waals surface area contributed by atoms with Gasteiger partial charge in [-0.1, -0.05) is 6.58 Å². The molecule has 2 atom stereocenters. The van der Waals surface area contributed by atoms with E-state index in [1.54, 1.807) is 6.20 Å². The van der Waals surface area contributed by atoms with Crippen molar-refractivity contribution >= 4 is 23.0 Å². The molecule has 0 amide bonds. The maximum absolute atomic E-state index is 5.15. The Labute approximate surface area is 172 Å². The Kier molecular flexibility index (Phi) is 4.54. The van der Waals surface area contributed by atoms with E-state index in [9.17, 15) is 0 Å². The number of pyridine rings is 2. The van der Waals surface area contributed by atoms with Crippen molar-refractivity contribution in [2.24, 2.45) is 0 Å². The molecule has 2 fully saturated rings. The van der Waals surface area contributed by atoms with E-state index in [1.807, 2.05) is 18.3 Å². The molecule has 2 bridgehead atoms. The van der Waals surface area contributed by atoms with Crippen LogP contribution in [0.5, 0.6) is 0 Å². The monoisotopic (exact) mass is 391 g/mol. The fraction of sp³-hybridized carbons (Fsp3) is 0.455. The zero-order valence-electron chi connectivity index (χ0n) is 17.3. The molecule has 7 nitrogen and oxygen atoms in total. The van der Waals surface area contributed by atoms with Crippen molar-refractivity contribution in [3.63, 3.8) is 0 Å². The van der Waals surface area contributed by atoms with Crippen LogP contribution in [0.3, 0.4) is 0 Å². The topological polar surface area (TPSA) is 50.8 Å². The van der Waals surface area contributed by atoms with Crippen LogP contribution >= 0.6 is 0 Å². The lowest BCUT2D eigenvalue weighted by molar-refractivity contribution is 0.315. The predicted octanol–water partition coefficient (Wildman–Crippen LogP) is 2.60. The number of aromatic nitrogens is 2. The first-order valence-corrected chi connectivity index (χ1v) is 10.4. The van der Waals surface area contributed by atoms with Gasteiger partial charge in [0.25, 0.3) is 0 Å². The minimum absolute atomic E-state index is 0.398. The fourth-order valence-corrected chi connectivity index (χ4v) is 4.76. The average Bonchev–Trinajstić information content (AvgIpc) is 3.37. The van der Waals surface area contributed by atoms with Crippen LogP contribution in [-0.4, -0.2) is 67.2 Å². The van der Waals surface area contributed by atoms with Gasteiger partial charge in [0.1, 0.15) is 11.6 Å². The number of rotatable bonds is 5. The van der Waals surface area contributed by atoms with Gasteiger partial charge in [0, 0.05) is 38.4 Å². The van der Waals surface area contributed by atoms with Crippen molar-refractivity contribution < 1.29 is 0 Å². The van der Waals surface area contributed by atoms with Gasteiger partial charge in [-0.3, -0.25) is 4.98 Å². The summed E-state index contributed by atoms with van der Waals surface area (Å²) in [6.07, 6.45) is 5.90. The predicted molar refractivity (Wildman–Crippen MR) is 119 cm³/mol. The number of hydrogen-bond acceptors (Lipinski definition) is 7. The molecule has 1 N–H and O–H groups in total. The lowest BCUT2D eigenvalue weighted by Gasteiger charge is -2.38. The molecule has 0 aliphatic carbocycles. The first-order valence-electron chi connectivity index (χ1n) is 10.4. The third kappa shape index (κ3) is 3.29. The quantitative estimate of drug-likeness (QED) is 0.841. The minimum Gasteiger partial charge on any atom is -0.366 e. The number of nitrogens with one attached hydrogen (secondary N) is 1. The summed E-state index contributed by atoms with van der Waals surface area (Å²) in [5, 5.41) is 3.44. The second kappa shape index (κ2) is 7.22. The van der Waals surface area contributed by atoms with Gasteiger partial charge in [-0.15, -0.1) is 0 Å². The van der Waals surface area contributed by atoms with Crippen LogP contribution < -0.4 is 20.0 Å². The van der Waals surface area contributed by atoms with Crippen molar-refractivity contribution in [3.05, 3.63) is 49.1 Å². The van der Waals surface area contributed by atoms with Crippen LogP contribution in [0.25, 0.3) is 0 Å². The molecular formula is C22H29N7. The minimum atomic E-state index is 0.398. The second-order valence-corrected chi connectivity index (χ2v) is 8.44. The van der Waals surface area contributed by atoms with E-state index in [-0.39, 0.29) is 0 Å². The van der Waals surface area contributed by atoms with Crippen molar-refractivity contribution in [3.8, 4) is 0 Å². The van der Waals surface area contributed by atoms with Gasteiger partial charge in [0.15, 0.2) is 5.82 Å². The van der Waals surface area contributed by atoms with Gasteiger partial charge in [0.2, 0.25) is 0 Å². The first kappa shape index (κ1) is 18.2. The van der Waals surface area contributed by atoms with Crippen LogP contribution in [0, 0.1) is 0 Å². The van der Waals surface area contributed by atoms with Gasteiger partial charge in [0.05, 0.1) is 23.6 Å². The number of anilines is 4. The van der Waals surface area contributed by atoms with Crippen LogP contribution in [0.2, 0.25) is 0 Å². The van der Waals surface area contributed by atoms with Gasteiger partial charge in [-0.2, -0.15) is 0 Å². The number of fused-ring (bicyclic) bond motifs is 4. The summed E-state index contributed by atoms with van der Waals surface area (Å²) in [5.41, 5.74) is 2.16. The zero-order valence-corrected chi connectivity index (χ0v) is 17.3. The van der Waals surface area contributed by atoms with Gasteiger partial charge in [-0.25, -0.2) is 4.98 Å². The van der Waals surface area contributed by atoms with Gasteiger partial charge >= 0.3 is 0 Å². The smallest absolute Gasteiger partial charge is 0.160 e. The Morgan fingerprint density at radius 3 is 2.76 bits per heavy atom. The van der Waals surface area contributed by atoms with Crippen molar-refractivity contribution in [2.75, 3.05) is 60.3 Å². The molecule has 0 aromatic carbocycles. The van der Waals surface area contributed by atoms with E-state index < -0.39 is 0 Å². The van der Waals surface area contributed by atoms with E-state index in [0.29, 0.717) is 12.1 Å². The lowest BCUT2D eigenvalue weighted by Crippen LogP contribution is -2.44. The van der Waals surface area contributed by atoms with Crippen molar-refractivity contribution in [1.82, 2.24) is 14.9 Å². The third-order valence-corrected chi connectivity index (χ3v) is 6.40. The second-order valence-electron chi connectivity index (χ2n) is 8.44. The summed E-state index contributed by atoms with van der Waals surface area (Å²) in [6, 6.07) is 9.36. The highest BCUT2D eigenvalue weighted by Gasteiger charge is 2.39. The van der Waals surface area contributed by atoms with Crippen molar-refractivity contribution in [1.29, 1.82) is 0 Å². The zero-order chi connectivity index (χ0) is 20.0. The summed E-state index contributed by atoms with van der Waals surface area (Å²) in [6.45, 7) is 8.53. The molecule has 5 rings (SSSR count). The Morgan fingerprint density at radius 1 is 1.14 bits per heavy atom. The largest absolute Gasteiger partial charge is 0.366 e. The molecule has 0 radical (unpaired) electrons. The van der Waals surface area contributed by atoms with Crippen LogP contribution in [0.1, 0.15) is 12.8 Å². The summed E-state index contributed by atoms with van der Waals surface area (Å²) in [7, 11) is 4.32. The Morgan fingerprint density at radius 2 is 2.00 bits per heavy atom. The normalized spacial score (nSPS) is 22.9. The number of nitrogens with zero attached hydrogens (tertiary/aromatic N) is 6. The Balaban J connectivity index is 1.45. The molecule has 2 saturated heterocycles. The van der Waals surface area contributed by atoms with E-state index in [2.05, 4.69) is 62.7 Å². The standard InChI is InChI=1S/C22H29N7/c1-16(24-17-5-4-10-23-13-17)29-19-9-11-27(15-19)20-6-7-21(25-22(20)29)28-12-8-18(14-28)26(2)3/h4-7,10,13,18-19,24H,1,8-9,11-12,14-15H2,2-3H3/t18-,19-/m0/s1. The van der Waals surface area contributed by atoms with Crippen molar-refractivity contribution in [2.45, 2.75) is 24.9 Å². The third-order valence-electron chi connectivity index (χ3n) is 6.40. The molecule has 5 heterocycles.